The average Bonchev–Trinajstić information content (AvgIpc) is 3.18. The number of ether oxygens (including phenoxy) is 1. The van der Waals surface area contributed by atoms with Crippen molar-refractivity contribution in [2.24, 2.45) is 0 Å². The van der Waals surface area contributed by atoms with Gasteiger partial charge in [-0.15, -0.1) is 0 Å². The molecule has 3 aromatic rings. The molecule has 28 heavy (non-hydrogen) atoms. The van der Waals surface area contributed by atoms with Crippen LogP contribution in [-0.4, -0.2) is 34.6 Å². The molecule has 0 fully saturated rings. The van der Waals surface area contributed by atoms with Gasteiger partial charge in [0.05, 0.1) is 6.61 Å². The van der Waals surface area contributed by atoms with Crippen LogP contribution in [0.1, 0.15) is 30.4 Å². The summed E-state index contributed by atoms with van der Waals surface area (Å²) in [5.41, 5.74) is 3.16. The summed E-state index contributed by atoms with van der Waals surface area (Å²) in [6.07, 6.45) is 0.744. The maximum absolute atomic E-state index is 12.4. The fourth-order valence-corrected chi connectivity index (χ4v) is 2.80. The highest BCUT2D eigenvalue weighted by molar-refractivity contribution is 5.76. The van der Waals surface area contributed by atoms with Gasteiger partial charge in [0.1, 0.15) is 5.75 Å². The van der Waals surface area contributed by atoms with E-state index < -0.39 is 0 Å². The second kappa shape index (κ2) is 9.17. The van der Waals surface area contributed by atoms with Crippen LogP contribution in [0.5, 0.6) is 5.75 Å². The first-order chi connectivity index (χ1) is 13.5. The highest BCUT2D eigenvalue weighted by Gasteiger charge is 2.14. The van der Waals surface area contributed by atoms with Gasteiger partial charge in [0, 0.05) is 32.0 Å². The number of carbonyl (C=O) groups excluding carboxylic acids is 1. The molecule has 6 heteroatoms. The Labute approximate surface area is 165 Å². The fraction of sp³-hybridized carbons (Fsp3) is 0.318. The minimum atomic E-state index is 0.0430. The molecule has 1 aromatic heterocycles. The van der Waals surface area contributed by atoms with Gasteiger partial charge >= 0.3 is 0 Å². The summed E-state index contributed by atoms with van der Waals surface area (Å²) < 4.78 is 10.7. The number of aromatic nitrogens is 2. The lowest BCUT2D eigenvalue weighted by Crippen LogP contribution is -2.26. The minimum Gasteiger partial charge on any atom is -0.494 e. The number of nitrogens with zero attached hydrogens (tertiary/aromatic N) is 3. The first-order valence-electron chi connectivity index (χ1n) is 9.40. The average molecular weight is 379 g/mol. The summed E-state index contributed by atoms with van der Waals surface area (Å²) in [6, 6.07) is 15.7. The van der Waals surface area contributed by atoms with E-state index in [0.717, 1.165) is 16.9 Å². The Morgan fingerprint density at radius 3 is 2.50 bits per heavy atom. The third-order valence-electron chi connectivity index (χ3n) is 4.41. The third-order valence-corrected chi connectivity index (χ3v) is 4.41. The molecule has 1 heterocycles. The molecule has 0 aliphatic rings. The Balaban J connectivity index is 1.53. The van der Waals surface area contributed by atoms with E-state index in [-0.39, 0.29) is 5.91 Å². The van der Waals surface area contributed by atoms with Gasteiger partial charge in [-0.1, -0.05) is 35.0 Å². The van der Waals surface area contributed by atoms with Gasteiger partial charge in [-0.3, -0.25) is 4.79 Å². The number of hydrogen-bond donors (Lipinski definition) is 0. The van der Waals surface area contributed by atoms with Crippen LogP contribution in [0.4, 0.5) is 0 Å². The van der Waals surface area contributed by atoms with E-state index in [1.807, 2.05) is 50.2 Å². The van der Waals surface area contributed by atoms with E-state index in [2.05, 4.69) is 22.3 Å². The SMILES string of the molecule is CCOc1ccc(-c2noc(CCC(=O)N(C)Cc3ccc(C)cc3)n2)cc1. The fourth-order valence-electron chi connectivity index (χ4n) is 2.80. The number of hydrogen-bond acceptors (Lipinski definition) is 5. The second-order valence-electron chi connectivity index (χ2n) is 6.70. The molecule has 0 N–H and O–H groups in total. The zero-order chi connectivity index (χ0) is 19.9. The Bertz CT molecular complexity index is 902. The van der Waals surface area contributed by atoms with Crippen LogP contribution in [0.25, 0.3) is 11.4 Å². The van der Waals surface area contributed by atoms with Crippen molar-refractivity contribution in [3.05, 3.63) is 65.5 Å². The van der Waals surface area contributed by atoms with Crippen molar-refractivity contribution in [1.29, 1.82) is 0 Å². The maximum Gasteiger partial charge on any atom is 0.227 e. The Kier molecular flexibility index (Phi) is 6.42. The molecular formula is C22H25N3O3. The lowest BCUT2D eigenvalue weighted by molar-refractivity contribution is -0.130. The molecule has 1 amide bonds. The first-order valence-corrected chi connectivity index (χ1v) is 9.40. The molecule has 0 atom stereocenters. The molecule has 146 valence electrons. The molecule has 0 saturated carbocycles. The lowest BCUT2D eigenvalue weighted by atomic mass is 10.1. The van der Waals surface area contributed by atoms with Crippen molar-refractivity contribution < 1.29 is 14.1 Å². The van der Waals surface area contributed by atoms with Gasteiger partial charge in [0.25, 0.3) is 0 Å². The van der Waals surface area contributed by atoms with E-state index in [1.54, 1.807) is 11.9 Å². The monoisotopic (exact) mass is 379 g/mol. The molecule has 0 aliphatic heterocycles. The van der Waals surface area contributed by atoms with Crippen molar-refractivity contribution in [3.63, 3.8) is 0 Å². The van der Waals surface area contributed by atoms with Crippen LogP contribution in [0.15, 0.2) is 53.1 Å². The normalized spacial score (nSPS) is 10.7. The molecule has 0 saturated heterocycles. The van der Waals surface area contributed by atoms with Crippen LogP contribution in [0.3, 0.4) is 0 Å². The number of rotatable bonds is 8. The number of benzene rings is 2. The van der Waals surface area contributed by atoms with Gasteiger partial charge in [-0.2, -0.15) is 4.98 Å². The topological polar surface area (TPSA) is 68.5 Å². The van der Waals surface area contributed by atoms with Crippen molar-refractivity contribution in [1.82, 2.24) is 15.0 Å². The molecule has 3 rings (SSSR count). The van der Waals surface area contributed by atoms with Crippen LogP contribution < -0.4 is 4.74 Å². The summed E-state index contributed by atoms with van der Waals surface area (Å²) in [4.78, 5) is 18.5. The largest absolute Gasteiger partial charge is 0.494 e. The Morgan fingerprint density at radius 1 is 1.11 bits per heavy atom. The van der Waals surface area contributed by atoms with Crippen molar-refractivity contribution in [2.45, 2.75) is 33.2 Å². The molecule has 0 aliphatic carbocycles. The number of aryl methyl sites for hydroxylation is 2. The highest BCUT2D eigenvalue weighted by atomic mass is 16.5. The number of carbonyl (C=O) groups is 1. The van der Waals surface area contributed by atoms with E-state index in [9.17, 15) is 4.79 Å². The predicted octanol–water partition coefficient (Wildman–Crippen LogP) is 4.03. The van der Waals surface area contributed by atoms with Gasteiger partial charge in [0.15, 0.2) is 0 Å². The first kappa shape index (κ1) is 19.6. The van der Waals surface area contributed by atoms with E-state index >= 15 is 0 Å². The molecule has 0 radical (unpaired) electrons. The molecular weight excluding hydrogens is 354 g/mol. The second-order valence-corrected chi connectivity index (χ2v) is 6.70. The zero-order valence-electron chi connectivity index (χ0n) is 16.5. The van der Waals surface area contributed by atoms with Crippen LogP contribution in [-0.2, 0) is 17.8 Å². The Morgan fingerprint density at radius 2 is 1.82 bits per heavy atom. The van der Waals surface area contributed by atoms with E-state index in [4.69, 9.17) is 9.26 Å². The summed E-state index contributed by atoms with van der Waals surface area (Å²) in [5.74, 6) is 1.82. The molecule has 0 unspecified atom stereocenters. The molecule has 0 bridgehead atoms. The highest BCUT2D eigenvalue weighted by Crippen LogP contribution is 2.20. The smallest absolute Gasteiger partial charge is 0.227 e. The summed E-state index contributed by atoms with van der Waals surface area (Å²) in [7, 11) is 1.81. The van der Waals surface area contributed by atoms with Crippen molar-refractivity contribution >= 4 is 5.91 Å². The standard InChI is InChI=1S/C22H25N3O3/c1-4-27-19-11-9-18(10-12-19)22-23-20(28-24-22)13-14-21(26)25(3)15-17-7-5-16(2)6-8-17/h5-12H,4,13-15H2,1-3H3. The summed E-state index contributed by atoms with van der Waals surface area (Å²) >= 11 is 0. The quantitative estimate of drug-likeness (QED) is 0.591. The van der Waals surface area contributed by atoms with Crippen molar-refractivity contribution in [3.8, 4) is 17.1 Å². The van der Waals surface area contributed by atoms with E-state index in [1.165, 1.54) is 5.56 Å². The summed E-state index contributed by atoms with van der Waals surface area (Å²) in [6.45, 7) is 5.20. The minimum absolute atomic E-state index is 0.0430. The van der Waals surface area contributed by atoms with Gasteiger partial charge in [0.2, 0.25) is 17.6 Å². The molecule has 2 aromatic carbocycles. The lowest BCUT2D eigenvalue weighted by Gasteiger charge is -2.17. The van der Waals surface area contributed by atoms with Crippen LogP contribution >= 0.6 is 0 Å². The van der Waals surface area contributed by atoms with Crippen LogP contribution in [0.2, 0.25) is 0 Å². The number of amides is 1. The zero-order valence-corrected chi connectivity index (χ0v) is 16.5. The summed E-state index contributed by atoms with van der Waals surface area (Å²) in [5, 5.41) is 4.01. The molecule has 6 nitrogen and oxygen atoms in total. The predicted molar refractivity (Wildman–Crippen MR) is 107 cm³/mol. The van der Waals surface area contributed by atoms with Gasteiger partial charge in [-0.05, 0) is 43.7 Å². The van der Waals surface area contributed by atoms with Crippen LogP contribution in [0, 0.1) is 6.92 Å². The maximum atomic E-state index is 12.4. The van der Waals surface area contributed by atoms with E-state index in [0.29, 0.717) is 37.7 Å². The Hall–Kier alpha value is -3.15. The van der Waals surface area contributed by atoms with Crippen molar-refractivity contribution in [2.75, 3.05) is 13.7 Å². The third kappa shape index (κ3) is 5.19. The van der Waals surface area contributed by atoms with Gasteiger partial charge < -0.3 is 14.2 Å². The molecule has 0 spiro atoms. The van der Waals surface area contributed by atoms with Gasteiger partial charge in [-0.25, -0.2) is 0 Å².